The summed E-state index contributed by atoms with van der Waals surface area (Å²) in [5, 5.41) is 6.67. The van der Waals surface area contributed by atoms with Gasteiger partial charge in [0.05, 0.1) is 11.9 Å². The van der Waals surface area contributed by atoms with Crippen molar-refractivity contribution < 1.29 is 37.1 Å². The number of alkyl halides is 1. The zero-order chi connectivity index (χ0) is 36.0. The molecular formula is C35H44IN5O8S. The van der Waals surface area contributed by atoms with E-state index in [0.717, 1.165) is 35.6 Å². The summed E-state index contributed by atoms with van der Waals surface area (Å²) in [5.41, 5.74) is -1.23. The maximum atomic E-state index is 14.6. The highest BCUT2D eigenvalue weighted by molar-refractivity contribution is 14.1. The number of alkyl carbamates (subject to hydrolysis) is 1. The lowest BCUT2D eigenvalue weighted by Gasteiger charge is -2.37. The van der Waals surface area contributed by atoms with E-state index in [1.54, 1.807) is 27.0 Å². The Bertz CT molecular complexity index is 1810. The largest absolute Gasteiger partial charge is 0.471 e. The average Bonchev–Trinajstić information content (AvgIpc) is 3.98. The Hall–Kier alpha value is -3.47. The fourth-order valence-corrected chi connectivity index (χ4v) is 9.21. The third-order valence-electron chi connectivity index (χ3n) is 9.94. The number of hydrogen-bond acceptors (Lipinski definition) is 9. The lowest BCUT2D eigenvalue weighted by atomic mass is 9.85. The average molecular weight is 822 g/mol. The van der Waals surface area contributed by atoms with Gasteiger partial charge < -0.3 is 25.0 Å². The summed E-state index contributed by atoms with van der Waals surface area (Å²) >= 11 is 2.07. The Morgan fingerprint density at radius 1 is 1.16 bits per heavy atom. The number of nitrogens with zero attached hydrogens (tertiary/aromatic N) is 2. The van der Waals surface area contributed by atoms with Gasteiger partial charge in [0.2, 0.25) is 27.7 Å². The van der Waals surface area contributed by atoms with Crippen LogP contribution in [0.2, 0.25) is 0 Å². The number of aryl methyl sites for hydroxylation is 1. The molecule has 50 heavy (non-hydrogen) atoms. The van der Waals surface area contributed by atoms with Gasteiger partial charge in [0, 0.05) is 23.9 Å². The summed E-state index contributed by atoms with van der Waals surface area (Å²) in [7, 11) is -3.89. The number of ether oxygens (including phenoxy) is 2. The minimum atomic E-state index is -3.89. The minimum Gasteiger partial charge on any atom is -0.471 e. The third-order valence-corrected chi connectivity index (χ3v) is 13.2. The van der Waals surface area contributed by atoms with E-state index in [1.165, 1.54) is 11.0 Å². The van der Waals surface area contributed by atoms with E-state index in [4.69, 9.17) is 9.47 Å². The van der Waals surface area contributed by atoms with Crippen molar-refractivity contribution in [2.75, 3.05) is 6.61 Å². The maximum Gasteiger partial charge on any atom is 0.407 e. The molecule has 0 spiro atoms. The molecule has 3 fully saturated rings. The van der Waals surface area contributed by atoms with Crippen molar-refractivity contribution in [2.45, 2.75) is 105 Å². The van der Waals surface area contributed by atoms with Crippen molar-refractivity contribution >= 4 is 67.2 Å². The van der Waals surface area contributed by atoms with Crippen LogP contribution in [0.1, 0.15) is 71.3 Å². The normalized spacial score (nSPS) is 29.2. The molecule has 4 bridgehead atoms. The molecule has 2 aliphatic heterocycles. The molecule has 2 aliphatic carbocycles. The van der Waals surface area contributed by atoms with Crippen molar-refractivity contribution in [3.05, 3.63) is 48.7 Å². The molecule has 15 heteroatoms. The lowest BCUT2D eigenvalue weighted by molar-refractivity contribution is -0.143. The van der Waals surface area contributed by atoms with Gasteiger partial charge in [-0.15, -0.1) is 6.58 Å². The third kappa shape index (κ3) is 7.44. The first kappa shape index (κ1) is 36.3. The highest BCUT2D eigenvalue weighted by Gasteiger charge is 2.62. The first-order valence-corrected chi connectivity index (χ1v) is 19.9. The molecule has 2 aromatic rings. The summed E-state index contributed by atoms with van der Waals surface area (Å²) in [6, 6.07) is 5.80. The van der Waals surface area contributed by atoms with Crippen LogP contribution >= 0.6 is 22.6 Å². The first-order valence-electron chi connectivity index (χ1n) is 17.1. The Morgan fingerprint density at radius 2 is 1.92 bits per heavy atom. The molecule has 6 rings (SSSR count). The second kappa shape index (κ2) is 13.9. The van der Waals surface area contributed by atoms with E-state index < -0.39 is 78.2 Å². The predicted molar refractivity (Wildman–Crippen MR) is 194 cm³/mol. The summed E-state index contributed by atoms with van der Waals surface area (Å²) in [6.07, 6.45) is 6.04. The molecule has 1 unspecified atom stereocenters. The standard InChI is InChI=1S/C35H44IN5O8S/c1-5-22-19-35(22,32(44)40-50(46,47)23-12-13-23)39-29(42)25-18-26-28(36)41(25)31(43)27(34(2,3)4)38-33(45)48-16-8-6-7-9-20-10-11-21-14-15-37-30(49-26)24(21)17-20/h5,10-11,14-15,17,22-23,25-28H,1,6-9,12-13,16,18-19H2,2-4H3,(H,38,45)(H,39,42)(H,40,44)/t22-,25+,26-,27-,28?,35-/m1/s1. The molecule has 1 aromatic carbocycles. The number of carbonyl (C=O) groups excluding carboxylic acids is 4. The van der Waals surface area contributed by atoms with E-state index in [1.807, 2.05) is 18.2 Å². The van der Waals surface area contributed by atoms with Crippen LogP contribution < -0.4 is 20.1 Å². The number of nitrogens with one attached hydrogen (secondary N) is 3. The number of fused-ring (bicyclic) bond motifs is 3. The van der Waals surface area contributed by atoms with E-state index in [9.17, 15) is 27.6 Å². The molecule has 13 nitrogen and oxygen atoms in total. The molecule has 4 aliphatic rings. The first-order chi connectivity index (χ1) is 23.6. The number of benzene rings is 1. The van der Waals surface area contributed by atoms with Crippen molar-refractivity contribution in [3.8, 4) is 5.88 Å². The second-order valence-electron chi connectivity index (χ2n) is 14.8. The van der Waals surface area contributed by atoms with E-state index in [-0.39, 0.29) is 19.4 Å². The topological polar surface area (TPSA) is 173 Å². The zero-order valence-electron chi connectivity index (χ0n) is 28.4. The predicted octanol–water partition coefficient (Wildman–Crippen LogP) is 3.88. The highest BCUT2D eigenvalue weighted by Crippen LogP contribution is 2.46. The van der Waals surface area contributed by atoms with Gasteiger partial charge in [0.25, 0.3) is 5.91 Å². The van der Waals surface area contributed by atoms with Crippen molar-refractivity contribution in [1.82, 2.24) is 25.2 Å². The van der Waals surface area contributed by atoms with Gasteiger partial charge in [-0.05, 0) is 73.4 Å². The number of hydrogen-bond donors (Lipinski definition) is 3. The quantitative estimate of drug-likeness (QED) is 0.169. The molecule has 0 radical (unpaired) electrons. The molecule has 2 saturated carbocycles. The SMILES string of the molecule is C=C[C@@H]1C[C@]1(NC(=O)[C@@H]1C[C@H]2Oc3nccc4ccc(cc34)CCCCCOC(=O)N[C@@H](C(C)(C)C)C(=O)N1C2I)C(=O)NS(=O)(=O)C1CC1. The monoisotopic (exact) mass is 821 g/mol. The molecule has 3 heterocycles. The summed E-state index contributed by atoms with van der Waals surface area (Å²) in [4.78, 5) is 61.3. The van der Waals surface area contributed by atoms with Gasteiger partial charge in [0.1, 0.15) is 27.8 Å². The van der Waals surface area contributed by atoms with Crippen LogP contribution in [0.4, 0.5) is 4.79 Å². The smallest absolute Gasteiger partial charge is 0.407 e. The second-order valence-corrected chi connectivity index (χ2v) is 18.0. The molecular weight excluding hydrogens is 777 g/mol. The van der Waals surface area contributed by atoms with E-state index >= 15 is 0 Å². The molecule has 3 N–H and O–H groups in total. The number of cyclic esters (lactones) is 1. The molecule has 6 atom stereocenters. The number of pyridine rings is 1. The lowest BCUT2D eigenvalue weighted by Crippen LogP contribution is -2.61. The number of sulfonamides is 1. The summed E-state index contributed by atoms with van der Waals surface area (Å²) < 4.78 is 38.9. The Kier molecular flexibility index (Phi) is 10.1. The van der Waals surface area contributed by atoms with E-state index in [2.05, 4.69) is 55.6 Å². The van der Waals surface area contributed by atoms with Gasteiger partial charge in [-0.2, -0.15) is 0 Å². The van der Waals surface area contributed by atoms with Crippen molar-refractivity contribution in [2.24, 2.45) is 11.3 Å². The Labute approximate surface area is 305 Å². The number of halogens is 1. The minimum absolute atomic E-state index is 0.0427. The van der Waals surface area contributed by atoms with Crippen LogP contribution in [0, 0.1) is 11.3 Å². The van der Waals surface area contributed by atoms with Crippen LogP contribution in [0.25, 0.3) is 10.8 Å². The van der Waals surface area contributed by atoms with Crippen LogP contribution in [-0.2, 0) is 35.6 Å². The van der Waals surface area contributed by atoms with Crippen LogP contribution in [-0.4, -0.2) is 81.7 Å². The van der Waals surface area contributed by atoms with Gasteiger partial charge >= 0.3 is 6.09 Å². The van der Waals surface area contributed by atoms with Crippen LogP contribution in [0.3, 0.4) is 0 Å². The molecule has 4 amide bonds. The molecule has 1 saturated heterocycles. The van der Waals surface area contributed by atoms with Gasteiger partial charge in [-0.3, -0.25) is 19.1 Å². The number of carbonyl (C=O) groups is 4. The Morgan fingerprint density at radius 3 is 2.60 bits per heavy atom. The van der Waals surface area contributed by atoms with Gasteiger partial charge in [-0.25, -0.2) is 18.2 Å². The number of aromatic nitrogens is 1. The molecule has 270 valence electrons. The Balaban J connectivity index is 1.35. The van der Waals surface area contributed by atoms with Crippen LogP contribution in [0.5, 0.6) is 5.88 Å². The van der Waals surface area contributed by atoms with Crippen LogP contribution in [0.15, 0.2) is 43.1 Å². The molecule has 1 aromatic heterocycles. The fraction of sp³-hybridized carbons (Fsp3) is 0.571. The van der Waals surface area contributed by atoms with E-state index in [0.29, 0.717) is 25.1 Å². The number of amides is 4. The summed E-state index contributed by atoms with van der Waals surface area (Å²) in [5.74, 6) is -2.15. The highest BCUT2D eigenvalue weighted by atomic mass is 127. The zero-order valence-corrected chi connectivity index (χ0v) is 31.4. The van der Waals surface area contributed by atoms with Gasteiger partial charge in [-0.1, -0.05) is 61.6 Å². The number of rotatable bonds is 6. The maximum absolute atomic E-state index is 14.6. The van der Waals surface area contributed by atoms with Crippen molar-refractivity contribution in [1.29, 1.82) is 0 Å². The van der Waals surface area contributed by atoms with Gasteiger partial charge in [0.15, 0.2) is 0 Å². The summed E-state index contributed by atoms with van der Waals surface area (Å²) in [6.45, 7) is 9.38. The fourth-order valence-electron chi connectivity index (χ4n) is 6.74. The van der Waals surface area contributed by atoms with Crippen molar-refractivity contribution in [3.63, 3.8) is 0 Å².